The maximum absolute atomic E-state index is 12.8. The van der Waals surface area contributed by atoms with Crippen molar-refractivity contribution < 1.29 is 39.4 Å². The number of aliphatic hydroxyl groups excluding tert-OH is 3. The molecular weight excluding hydrogens is 380 g/mol. The summed E-state index contributed by atoms with van der Waals surface area (Å²) >= 11 is 0. The standard InChI is InChI=1S/C21H24O8/c1-2-17(23)20(25)21(26)29-11-28-14-7-8-15-18(9-14)27-10-16(19(15)24)12-3-5-13(22)6-4-12/h3-9,16-17,20-23,25-26H,2,10-11H2,1H3. The fraction of sp³-hybridized carbons (Fsp3) is 0.381. The van der Waals surface area contributed by atoms with Crippen LogP contribution in [-0.2, 0) is 4.74 Å². The summed E-state index contributed by atoms with van der Waals surface area (Å²) < 4.78 is 16.1. The molecule has 0 bridgehead atoms. The van der Waals surface area contributed by atoms with E-state index in [4.69, 9.17) is 14.2 Å². The van der Waals surface area contributed by atoms with Crippen LogP contribution < -0.4 is 9.47 Å². The second-order valence-electron chi connectivity index (χ2n) is 6.76. The van der Waals surface area contributed by atoms with E-state index in [2.05, 4.69) is 0 Å². The largest absolute Gasteiger partial charge is 0.508 e. The van der Waals surface area contributed by atoms with Gasteiger partial charge in [-0.25, -0.2) is 0 Å². The Kier molecular flexibility index (Phi) is 6.71. The summed E-state index contributed by atoms with van der Waals surface area (Å²) in [7, 11) is 0. The van der Waals surface area contributed by atoms with Crippen LogP contribution in [0.4, 0.5) is 0 Å². The lowest BCUT2D eigenvalue weighted by Crippen LogP contribution is -2.39. The zero-order valence-electron chi connectivity index (χ0n) is 15.9. The van der Waals surface area contributed by atoms with Crippen LogP contribution in [0.5, 0.6) is 17.2 Å². The number of rotatable bonds is 8. The Hall–Kier alpha value is -2.65. The molecule has 0 aromatic heterocycles. The van der Waals surface area contributed by atoms with Gasteiger partial charge < -0.3 is 34.6 Å². The average molecular weight is 404 g/mol. The highest BCUT2D eigenvalue weighted by molar-refractivity contribution is 6.04. The van der Waals surface area contributed by atoms with E-state index in [0.717, 1.165) is 5.56 Å². The fourth-order valence-corrected chi connectivity index (χ4v) is 3.01. The minimum Gasteiger partial charge on any atom is -0.508 e. The Balaban J connectivity index is 1.61. The molecule has 1 aliphatic rings. The zero-order chi connectivity index (χ0) is 21.0. The molecule has 156 valence electrons. The summed E-state index contributed by atoms with van der Waals surface area (Å²) in [5.41, 5.74) is 1.18. The Bertz CT molecular complexity index is 835. The number of carbonyl (C=O) groups excluding carboxylic acids is 1. The maximum Gasteiger partial charge on any atom is 0.192 e. The molecule has 8 nitrogen and oxygen atoms in total. The first-order valence-corrected chi connectivity index (χ1v) is 9.29. The predicted octanol–water partition coefficient (Wildman–Crippen LogP) is 1.55. The van der Waals surface area contributed by atoms with Gasteiger partial charge in [-0.3, -0.25) is 4.79 Å². The van der Waals surface area contributed by atoms with Crippen LogP contribution in [0.25, 0.3) is 0 Å². The summed E-state index contributed by atoms with van der Waals surface area (Å²) in [4.78, 5) is 12.8. The first kappa shape index (κ1) is 21.1. The minimum absolute atomic E-state index is 0.0909. The number of ether oxygens (including phenoxy) is 3. The number of phenolic OH excluding ortho intramolecular Hbond substituents is 1. The van der Waals surface area contributed by atoms with E-state index in [0.29, 0.717) is 17.1 Å². The molecule has 0 aliphatic carbocycles. The number of hydrogen-bond acceptors (Lipinski definition) is 8. The fourth-order valence-electron chi connectivity index (χ4n) is 3.01. The van der Waals surface area contributed by atoms with E-state index in [9.17, 15) is 25.2 Å². The smallest absolute Gasteiger partial charge is 0.192 e. The van der Waals surface area contributed by atoms with E-state index in [1.165, 1.54) is 12.1 Å². The molecule has 8 heteroatoms. The average Bonchev–Trinajstić information content (AvgIpc) is 2.73. The molecule has 4 N–H and O–H groups in total. The molecule has 4 atom stereocenters. The number of fused-ring (bicyclic) bond motifs is 1. The highest BCUT2D eigenvalue weighted by Crippen LogP contribution is 2.35. The topological polar surface area (TPSA) is 126 Å². The van der Waals surface area contributed by atoms with Crippen LogP contribution in [0.3, 0.4) is 0 Å². The van der Waals surface area contributed by atoms with Crippen LogP contribution in [-0.4, -0.2) is 58.1 Å². The van der Waals surface area contributed by atoms with Gasteiger partial charge in [-0.1, -0.05) is 19.1 Å². The van der Waals surface area contributed by atoms with Gasteiger partial charge in [0.1, 0.15) is 30.0 Å². The van der Waals surface area contributed by atoms with Gasteiger partial charge in [0, 0.05) is 6.07 Å². The van der Waals surface area contributed by atoms with E-state index in [-0.39, 0.29) is 31.4 Å². The lowest BCUT2D eigenvalue weighted by atomic mass is 9.89. The van der Waals surface area contributed by atoms with Gasteiger partial charge in [0.25, 0.3) is 0 Å². The van der Waals surface area contributed by atoms with Crippen LogP contribution in [0.1, 0.15) is 35.2 Å². The van der Waals surface area contributed by atoms with Gasteiger partial charge in [-0.2, -0.15) is 0 Å². The van der Waals surface area contributed by atoms with Gasteiger partial charge in [-0.15, -0.1) is 0 Å². The van der Waals surface area contributed by atoms with Crippen molar-refractivity contribution in [3.63, 3.8) is 0 Å². The number of Topliss-reactive ketones (excluding diaryl/α,β-unsaturated/α-hetero) is 1. The molecule has 0 saturated carbocycles. The van der Waals surface area contributed by atoms with Crippen molar-refractivity contribution in [3.05, 3.63) is 53.6 Å². The molecule has 0 amide bonds. The quantitative estimate of drug-likeness (QED) is 0.489. The third kappa shape index (κ3) is 4.86. The molecule has 3 rings (SSSR count). The van der Waals surface area contributed by atoms with Crippen LogP contribution in [0.2, 0.25) is 0 Å². The van der Waals surface area contributed by atoms with Gasteiger partial charge in [0.2, 0.25) is 0 Å². The Morgan fingerprint density at radius 1 is 1.14 bits per heavy atom. The van der Waals surface area contributed by atoms with Crippen LogP contribution in [0.15, 0.2) is 42.5 Å². The molecule has 2 aromatic carbocycles. The lowest BCUT2D eigenvalue weighted by Gasteiger charge is -2.25. The highest BCUT2D eigenvalue weighted by Gasteiger charge is 2.30. The molecular formula is C21H24O8. The van der Waals surface area contributed by atoms with Gasteiger partial charge >= 0.3 is 0 Å². The molecule has 0 fully saturated rings. The summed E-state index contributed by atoms with van der Waals surface area (Å²) in [6.07, 6.45) is -3.87. The third-order valence-electron chi connectivity index (χ3n) is 4.81. The summed E-state index contributed by atoms with van der Waals surface area (Å²) in [6, 6.07) is 11.2. The Morgan fingerprint density at radius 3 is 2.55 bits per heavy atom. The number of aromatic hydroxyl groups is 1. The second kappa shape index (κ2) is 9.23. The first-order chi connectivity index (χ1) is 13.9. The number of phenols is 1. The molecule has 4 unspecified atom stereocenters. The second-order valence-corrected chi connectivity index (χ2v) is 6.76. The minimum atomic E-state index is -1.59. The molecule has 0 spiro atoms. The summed E-state index contributed by atoms with van der Waals surface area (Å²) in [5.74, 6) is 0.317. The normalized spacial score (nSPS) is 19.0. The van der Waals surface area contributed by atoms with Crippen molar-refractivity contribution in [2.75, 3.05) is 13.4 Å². The SMILES string of the molecule is CCC(O)C(O)C(O)OCOc1ccc2c(c1)OCC(c1ccc(O)cc1)C2=O. The number of aliphatic hydroxyl groups is 3. The Morgan fingerprint density at radius 2 is 1.86 bits per heavy atom. The van der Waals surface area contributed by atoms with Gasteiger partial charge in [0.05, 0.1) is 17.6 Å². The number of ketones is 1. The van der Waals surface area contributed by atoms with Crippen molar-refractivity contribution in [3.8, 4) is 17.2 Å². The van der Waals surface area contributed by atoms with Crippen LogP contribution >= 0.6 is 0 Å². The molecule has 29 heavy (non-hydrogen) atoms. The molecule has 0 radical (unpaired) electrons. The summed E-state index contributed by atoms with van der Waals surface area (Å²) in [6.45, 7) is 1.46. The van der Waals surface area contributed by atoms with Crippen molar-refractivity contribution in [1.82, 2.24) is 0 Å². The number of carbonyl (C=O) groups is 1. The van der Waals surface area contributed by atoms with Crippen LogP contribution in [0, 0.1) is 0 Å². The van der Waals surface area contributed by atoms with E-state index >= 15 is 0 Å². The van der Waals surface area contributed by atoms with E-state index in [1.54, 1.807) is 37.3 Å². The van der Waals surface area contributed by atoms with Gasteiger partial charge in [0.15, 0.2) is 18.9 Å². The maximum atomic E-state index is 12.8. The zero-order valence-corrected chi connectivity index (χ0v) is 15.9. The first-order valence-electron chi connectivity index (χ1n) is 9.29. The van der Waals surface area contributed by atoms with Crippen molar-refractivity contribution >= 4 is 5.78 Å². The molecule has 1 heterocycles. The monoisotopic (exact) mass is 404 g/mol. The van der Waals surface area contributed by atoms with E-state index < -0.39 is 24.4 Å². The summed E-state index contributed by atoms with van der Waals surface area (Å²) in [5, 5.41) is 38.2. The van der Waals surface area contributed by atoms with Crippen molar-refractivity contribution in [2.24, 2.45) is 0 Å². The van der Waals surface area contributed by atoms with Crippen molar-refractivity contribution in [1.29, 1.82) is 0 Å². The van der Waals surface area contributed by atoms with Crippen molar-refractivity contribution in [2.45, 2.75) is 37.8 Å². The molecule has 2 aromatic rings. The molecule has 0 saturated heterocycles. The Labute approximate surface area is 167 Å². The number of hydrogen-bond donors (Lipinski definition) is 4. The third-order valence-corrected chi connectivity index (χ3v) is 4.81. The number of benzene rings is 2. The molecule has 1 aliphatic heterocycles. The lowest BCUT2D eigenvalue weighted by molar-refractivity contribution is -0.211. The van der Waals surface area contributed by atoms with E-state index in [1.807, 2.05) is 0 Å². The van der Waals surface area contributed by atoms with Gasteiger partial charge in [-0.05, 0) is 36.2 Å². The highest BCUT2D eigenvalue weighted by atomic mass is 16.7. The predicted molar refractivity (Wildman–Crippen MR) is 102 cm³/mol.